The summed E-state index contributed by atoms with van der Waals surface area (Å²) in [5.74, 6) is 0. The normalized spacial score (nSPS) is 18.3. The van der Waals surface area contributed by atoms with Crippen LogP contribution < -0.4 is 0 Å². The molecule has 2 rings (SSSR count). The van der Waals surface area contributed by atoms with Crippen molar-refractivity contribution in [2.24, 2.45) is 5.29 Å². The van der Waals surface area contributed by atoms with Crippen molar-refractivity contribution in [3.63, 3.8) is 0 Å². The van der Waals surface area contributed by atoms with Gasteiger partial charge < -0.3 is 0 Å². The zero-order valence-electron chi connectivity index (χ0n) is 6.54. The number of sulfonamides is 1. The first-order valence-electron chi connectivity index (χ1n) is 3.60. The highest BCUT2D eigenvalue weighted by Gasteiger charge is 2.34. The lowest BCUT2D eigenvalue weighted by molar-refractivity contribution is 0.442. The second-order valence-corrected chi connectivity index (χ2v) is 4.49. The van der Waals surface area contributed by atoms with Crippen LogP contribution in [-0.2, 0) is 16.6 Å². The summed E-state index contributed by atoms with van der Waals surface area (Å²) in [5.41, 5.74) is 0.613. The standard InChI is InChI=1S/C7H6N2O3S/c10-8-9-5-6-3-1-2-4-7(6)13(9,11)12/h1-4H,5H2/i8+0. The predicted octanol–water partition coefficient (Wildman–Crippen LogP) is 0.872. The van der Waals surface area contributed by atoms with Gasteiger partial charge in [-0.3, -0.25) is 0 Å². The van der Waals surface area contributed by atoms with Gasteiger partial charge in [-0.2, -0.15) is 8.42 Å². The first kappa shape index (κ1) is 8.18. The summed E-state index contributed by atoms with van der Waals surface area (Å²) in [4.78, 5) is 10.4. The van der Waals surface area contributed by atoms with Crippen molar-refractivity contribution in [1.29, 1.82) is 0 Å². The summed E-state index contributed by atoms with van der Waals surface area (Å²) in [6, 6.07) is 6.47. The van der Waals surface area contributed by atoms with E-state index in [-0.39, 0.29) is 11.4 Å². The molecule has 5 nitrogen and oxygen atoms in total. The second kappa shape index (κ2) is 2.53. The first-order chi connectivity index (χ1) is 6.16. The van der Waals surface area contributed by atoms with Gasteiger partial charge in [0.1, 0.15) is 0 Å². The van der Waals surface area contributed by atoms with Crippen LogP contribution in [0.1, 0.15) is 5.56 Å². The maximum absolute atomic E-state index is 11.4. The Bertz CT molecular complexity index is 455. The number of hydrogen-bond donors (Lipinski definition) is 0. The molecule has 6 heteroatoms. The molecule has 68 valence electrons. The zero-order valence-corrected chi connectivity index (χ0v) is 7.36. The minimum absolute atomic E-state index is 0.0437. The lowest BCUT2D eigenvalue weighted by Crippen LogP contribution is -2.16. The molecule has 0 atom stereocenters. The van der Waals surface area contributed by atoms with E-state index >= 15 is 0 Å². The lowest BCUT2D eigenvalue weighted by atomic mass is 10.2. The van der Waals surface area contributed by atoms with Crippen molar-refractivity contribution < 1.29 is 8.42 Å². The first-order valence-corrected chi connectivity index (χ1v) is 5.04. The van der Waals surface area contributed by atoms with E-state index in [0.29, 0.717) is 9.98 Å². The molecule has 1 aromatic rings. The molecule has 1 heterocycles. The fraction of sp³-hybridized carbons (Fsp3) is 0.143. The highest BCUT2D eigenvalue weighted by Crippen LogP contribution is 2.29. The van der Waals surface area contributed by atoms with Gasteiger partial charge in [-0.1, -0.05) is 18.2 Å². The minimum atomic E-state index is -3.64. The SMILES string of the molecule is O=[14N]N1Cc2ccccc2S1(=O)=O. The summed E-state index contributed by atoms with van der Waals surface area (Å²) in [6.07, 6.45) is 0. The molecule has 13 heavy (non-hydrogen) atoms. The molecule has 0 aromatic heterocycles. The smallest absolute Gasteiger partial charge is 0.199 e. The quantitative estimate of drug-likeness (QED) is 0.629. The number of nitrogens with zero attached hydrogens (tertiary/aromatic N) is 2. The van der Waals surface area contributed by atoms with Crippen LogP contribution in [0.5, 0.6) is 0 Å². The van der Waals surface area contributed by atoms with Gasteiger partial charge in [-0.15, -0.1) is 9.32 Å². The van der Waals surface area contributed by atoms with Crippen LogP contribution in [0.4, 0.5) is 0 Å². The molecule has 0 unspecified atom stereocenters. The van der Waals surface area contributed by atoms with Crippen molar-refractivity contribution in [1.82, 2.24) is 4.41 Å². The lowest BCUT2D eigenvalue weighted by Gasteiger charge is -2.02. The molecule has 0 amide bonds. The van der Waals surface area contributed by atoms with Gasteiger partial charge in [0.05, 0.1) is 16.7 Å². The van der Waals surface area contributed by atoms with Gasteiger partial charge in [0, 0.05) is 0 Å². The Morgan fingerprint density at radius 3 is 2.62 bits per heavy atom. The Hall–Kier alpha value is -1.43. The fourth-order valence-electron chi connectivity index (χ4n) is 1.30. The van der Waals surface area contributed by atoms with Crippen molar-refractivity contribution in [3.8, 4) is 0 Å². The average Bonchev–Trinajstić information content (AvgIpc) is 2.39. The molecular weight excluding hydrogens is 192 g/mol. The van der Waals surface area contributed by atoms with Crippen molar-refractivity contribution in [2.45, 2.75) is 11.4 Å². The Balaban J connectivity index is 2.67. The number of rotatable bonds is 1. The molecule has 1 aliphatic rings. The topological polar surface area (TPSA) is 66.8 Å². The Morgan fingerprint density at radius 1 is 1.31 bits per heavy atom. The van der Waals surface area contributed by atoms with E-state index in [4.69, 9.17) is 0 Å². The number of hydrogen-bond acceptors (Lipinski definition) is 4. The summed E-state index contributed by atoms with van der Waals surface area (Å²) in [6.45, 7) is 0.0437. The summed E-state index contributed by atoms with van der Waals surface area (Å²) in [7, 11) is -3.64. The molecule has 0 saturated carbocycles. The minimum Gasteiger partial charge on any atom is -0.199 e. The zero-order chi connectivity index (χ0) is 9.47. The van der Waals surface area contributed by atoms with E-state index in [0.717, 1.165) is 0 Å². The number of nitroso groups, excluding NO2 is 1. The fourth-order valence-corrected chi connectivity index (χ4v) is 2.64. The van der Waals surface area contributed by atoms with E-state index in [1.807, 2.05) is 0 Å². The third-order valence-corrected chi connectivity index (χ3v) is 3.63. The van der Waals surface area contributed by atoms with Crippen LogP contribution in [0.25, 0.3) is 0 Å². The van der Waals surface area contributed by atoms with E-state index in [1.165, 1.54) is 6.07 Å². The van der Waals surface area contributed by atoms with Crippen molar-refractivity contribution in [3.05, 3.63) is 34.7 Å². The molecular formula is C7H6N2O3S. The Labute approximate surface area is 75.0 Å². The van der Waals surface area contributed by atoms with Crippen LogP contribution in [0, 0.1) is 4.91 Å². The molecule has 1 aromatic carbocycles. The third kappa shape index (κ3) is 1.02. The predicted molar refractivity (Wildman–Crippen MR) is 45.0 cm³/mol. The molecule has 0 spiro atoms. The number of fused-ring (bicyclic) bond motifs is 1. The van der Waals surface area contributed by atoms with E-state index in [2.05, 4.69) is 5.29 Å². The van der Waals surface area contributed by atoms with Crippen LogP contribution in [0.15, 0.2) is 34.4 Å². The summed E-state index contributed by atoms with van der Waals surface area (Å²) in [5, 5.41) is 2.45. The molecule has 0 fully saturated rings. The van der Waals surface area contributed by atoms with Crippen LogP contribution in [-0.4, -0.2) is 12.8 Å². The summed E-state index contributed by atoms with van der Waals surface area (Å²) < 4.78 is 23.4. The van der Waals surface area contributed by atoms with Gasteiger partial charge in [-0.25, -0.2) is 0 Å². The monoisotopic (exact) mass is 198 g/mol. The number of benzene rings is 1. The van der Waals surface area contributed by atoms with Crippen molar-refractivity contribution in [2.75, 3.05) is 0 Å². The molecule has 0 bridgehead atoms. The maximum atomic E-state index is 11.4. The highest BCUT2D eigenvalue weighted by atomic mass is 32.2. The van der Waals surface area contributed by atoms with E-state index in [9.17, 15) is 13.3 Å². The van der Waals surface area contributed by atoms with Crippen LogP contribution in [0.2, 0.25) is 0 Å². The second-order valence-electron chi connectivity index (χ2n) is 2.67. The molecule has 0 saturated heterocycles. The van der Waals surface area contributed by atoms with Crippen LogP contribution >= 0.6 is 0 Å². The molecule has 0 radical (unpaired) electrons. The molecule has 0 aliphatic carbocycles. The highest BCUT2D eigenvalue weighted by molar-refractivity contribution is 7.89. The maximum Gasteiger partial charge on any atom is 0.282 e. The summed E-state index contributed by atoms with van der Waals surface area (Å²) >= 11 is 0. The Kier molecular flexibility index (Phi) is 1.59. The van der Waals surface area contributed by atoms with Gasteiger partial charge in [0.2, 0.25) is 0 Å². The molecule has 0 N–H and O–H groups in total. The van der Waals surface area contributed by atoms with E-state index in [1.54, 1.807) is 18.2 Å². The van der Waals surface area contributed by atoms with E-state index < -0.39 is 10.0 Å². The third-order valence-electron chi connectivity index (χ3n) is 1.92. The van der Waals surface area contributed by atoms with Crippen LogP contribution in [0.3, 0.4) is 0 Å². The largest absolute Gasteiger partial charge is 0.282 e. The molecule has 1 aliphatic heterocycles. The van der Waals surface area contributed by atoms with Gasteiger partial charge >= 0.3 is 0 Å². The van der Waals surface area contributed by atoms with Gasteiger partial charge in [0.15, 0.2) is 0 Å². The average molecular weight is 198 g/mol. The van der Waals surface area contributed by atoms with Gasteiger partial charge in [0.25, 0.3) is 10.0 Å². The van der Waals surface area contributed by atoms with Gasteiger partial charge in [-0.05, 0) is 11.6 Å². The Morgan fingerprint density at radius 2 is 2.00 bits per heavy atom. The van der Waals surface area contributed by atoms with Crippen molar-refractivity contribution >= 4 is 10.0 Å².